The summed E-state index contributed by atoms with van der Waals surface area (Å²) in [5.41, 5.74) is 1.17. The van der Waals surface area contributed by atoms with Crippen molar-refractivity contribution in [1.29, 1.82) is 0 Å². The van der Waals surface area contributed by atoms with E-state index < -0.39 is 0 Å². The van der Waals surface area contributed by atoms with Gasteiger partial charge in [-0.05, 0) is 38.4 Å². The van der Waals surface area contributed by atoms with Gasteiger partial charge in [-0.15, -0.1) is 0 Å². The normalized spacial score (nSPS) is 18.1. The Labute approximate surface area is 102 Å². The summed E-state index contributed by atoms with van der Waals surface area (Å²) in [5, 5.41) is 11.8. The molecule has 0 bridgehead atoms. The van der Waals surface area contributed by atoms with Crippen molar-refractivity contribution in [2.24, 2.45) is 0 Å². The van der Waals surface area contributed by atoms with Crippen LogP contribution in [0.1, 0.15) is 18.4 Å². The lowest BCUT2D eigenvalue weighted by molar-refractivity contribution is -0.142. The van der Waals surface area contributed by atoms with E-state index in [1.165, 1.54) is 12.7 Å². The molecule has 0 aliphatic carbocycles. The van der Waals surface area contributed by atoms with Gasteiger partial charge in [-0.25, -0.2) is 0 Å². The van der Waals surface area contributed by atoms with Crippen LogP contribution >= 0.6 is 0 Å². The fourth-order valence-electron chi connectivity index (χ4n) is 1.57. The van der Waals surface area contributed by atoms with E-state index in [9.17, 15) is 4.79 Å². The average Bonchev–Trinajstić information content (AvgIpc) is 2.86. The molecular formula is C13H19NO3. The number of phenols is 1. The van der Waals surface area contributed by atoms with Gasteiger partial charge in [-0.1, -0.05) is 17.7 Å². The third kappa shape index (κ3) is 4.87. The molecule has 1 aromatic rings. The lowest BCUT2D eigenvalue weighted by atomic mass is 10.2. The van der Waals surface area contributed by atoms with Gasteiger partial charge in [-0.3, -0.25) is 4.79 Å². The topological polar surface area (TPSA) is 58.6 Å². The molecule has 2 N–H and O–H groups in total. The predicted octanol–water partition coefficient (Wildman–Crippen LogP) is 1.61. The van der Waals surface area contributed by atoms with Crippen molar-refractivity contribution in [3.63, 3.8) is 0 Å². The smallest absolute Gasteiger partial charge is 0.322 e. The quantitative estimate of drug-likeness (QED) is 0.729. The van der Waals surface area contributed by atoms with Gasteiger partial charge in [-0.2, -0.15) is 0 Å². The fourth-order valence-corrected chi connectivity index (χ4v) is 1.57. The van der Waals surface area contributed by atoms with E-state index in [2.05, 4.69) is 10.1 Å². The van der Waals surface area contributed by atoms with Gasteiger partial charge in [0.1, 0.15) is 11.8 Å². The molecule has 4 heteroatoms. The first kappa shape index (κ1) is 13.5. The molecule has 0 spiro atoms. The van der Waals surface area contributed by atoms with Crippen molar-refractivity contribution in [2.75, 3.05) is 13.7 Å². The molecule has 1 aliphatic rings. The Morgan fingerprint density at radius 1 is 1.41 bits per heavy atom. The Balaban J connectivity index is 0.000000171. The highest BCUT2D eigenvalue weighted by atomic mass is 16.5. The summed E-state index contributed by atoms with van der Waals surface area (Å²) in [6.07, 6.45) is 2.01. The first-order chi connectivity index (χ1) is 8.13. The monoisotopic (exact) mass is 237 g/mol. The summed E-state index contributed by atoms with van der Waals surface area (Å²) < 4.78 is 4.53. The van der Waals surface area contributed by atoms with Crippen LogP contribution in [0.25, 0.3) is 0 Å². The van der Waals surface area contributed by atoms with Crippen molar-refractivity contribution in [3.05, 3.63) is 29.8 Å². The highest BCUT2D eigenvalue weighted by Gasteiger charge is 2.21. The number of esters is 1. The summed E-state index contributed by atoms with van der Waals surface area (Å²) in [6, 6.07) is 7.06. The maximum atomic E-state index is 10.7. The van der Waals surface area contributed by atoms with E-state index >= 15 is 0 Å². The molecule has 2 rings (SSSR count). The zero-order valence-corrected chi connectivity index (χ0v) is 10.3. The predicted molar refractivity (Wildman–Crippen MR) is 65.9 cm³/mol. The van der Waals surface area contributed by atoms with Crippen molar-refractivity contribution < 1.29 is 14.6 Å². The molecule has 1 heterocycles. The van der Waals surface area contributed by atoms with Gasteiger partial charge >= 0.3 is 5.97 Å². The molecule has 0 radical (unpaired) electrons. The second kappa shape index (κ2) is 6.91. The number of hydrogen-bond acceptors (Lipinski definition) is 4. The molecule has 1 aliphatic heterocycles. The van der Waals surface area contributed by atoms with E-state index in [1.807, 2.05) is 19.1 Å². The minimum Gasteiger partial charge on any atom is -0.508 e. The molecule has 1 aromatic carbocycles. The van der Waals surface area contributed by atoms with Gasteiger partial charge in [0.05, 0.1) is 7.11 Å². The maximum Gasteiger partial charge on any atom is 0.322 e. The summed E-state index contributed by atoms with van der Waals surface area (Å²) >= 11 is 0. The molecule has 4 nitrogen and oxygen atoms in total. The molecule has 17 heavy (non-hydrogen) atoms. The summed E-state index contributed by atoms with van der Waals surface area (Å²) in [6.45, 7) is 2.93. The number of carbonyl (C=O) groups excluding carboxylic acids is 1. The Morgan fingerprint density at radius 2 is 2.06 bits per heavy atom. The van der Waals surface area contributed by atoms with Crippen LogP contribution < -0.4 is 5.32 Å². The number of phenolic OH excluding ortho intramolecular Hbond substituents is 1. The first-order valence-corrected chi connectivity index (χ1v) is 5.70. The number of carbonyl (C=O) groups is 1. The molecular weight excluding hydrogens is 218 g/mol. The molecule has 1 saturated heterocycles. The van der Waals surface area contributed by atoms with Gasteiger partial charge < -0.3 is 15.2 Å². The number of ether oxygens (including phenoxy) is 1. The van der Waals surface area contributed by atoms with Gasteiger partial charge in [0.2, 0.25) is 0 Å². The molecule has 94 valence electrons. The van der Waals surface area contributed by atoms with Crippen LogP contribution in [0, 0.1) is 6.92 Å². The highest BCUT2D eigenvalue weighted by Crippen LogP contribution is 2.07. The number of rotatable bonds is 1. The van der Waals surface area contributed by atoms with Crippen LogP contribution in [0.3, 0.4) is 0 Å². The average molecular weight is 237 g/mol. The molecule has 1 fully saturated rings. The Kier molecular flexibility index (Phi) is 5.49. The first-order valence-electron chi connectivity index (χ1n) is 5.70. The lowest BCUT2D eigenvalue weighted by Crippen LogP contribution is -2.31. The van der Waals surface area contributed by atoms with Gasteiger partial charge in [0, 0.05) is 0 Å². The Bertz CT molecular complexity index is 321. The number of aromatic hydroxyl groups is 1. The van der Waals surface area contributed by atoms with Gasteiger partial charge in [0.25, 0.3) is 0 Å². The second-order valence-electron chi connectivity index (χ2n) is 4.01. The van der Waals surface area contributed by atoms with Crippen molar-refractivity contribution in [2.45, 2.75) is 25.8 Å². The minimum atomic E-state index is -0.132. The standard InChI is InChI=1S/C7H8O.C6H11NO2/c1-6-2-4-7(8)5-3-6;1-9-6(8)5-3-2-4-7-5/h2-5,8H,1H3;5,7H,2-4H2,1H3. The molecule has 0 saturated carbocycles. The summed E-state index contributed by atoms with van der Waals surface area (Å²) in [4.78, 5) is 10.7. The zero-order valence-electron chi connectivity index (χ0n) is 10.3. The SMILES string of the molecule is COC(=O)C1CCCN1.Cc1ccc(O)cc1. The largest absolute Gasteiger partial charge is 0.508 e. The minimum absolute atomic E-state index is 0.0324. The maximum absolute atomic E-state index is 10.7. The molecule has 1 unspecified atom stereocenters. The van der Waals surface area contributed by atoms with Crippen LogP contribution in [0.2, 0.25) is 0 Å². The van der Waals surface area contributed by atoms with E-state index in [4.69, 9.17) is 5.11 Å². The van der Waals surface area contributed by atoms with E-state index in [1.54, 1.807) is 12.1 Å². The molecule has 0 amide bonds. The van der Waals surface area contributed by atoms with E-state index in [0.29, 0.717) is 5.75 Å². The molecule has 1 atom stereocenters. The number of benzene rings is 1. The Morgan fingerprint density at radius 3 is 2.47 bits per heavy atom. The number of hydrogen-bond donors (Lipinski definition) is 2. The van der Waals surface area contributed by atoms with Crippen molar-refractivity contribution in [1.82, 2.24) is 5.32 Å². The van der Waals surface area contributed by atoms with Crippen LogP contribution in [0.15, 0.2) is 24.3 Å². The fraction of sp³-hybridized carbons (Fsp3) is 0.462. The number of aryl methyl sites for hydroxylation is 1. The zero-order chi connectivity index (χ0) is 12.7. The van der Waals surface area contributed by atoms with Crippen LogP contribution in [0.4, 0.5) is 0 Å². The summed E-state index contributed by atoms with van der Waals surface area (Å²) in [7, 11) is 1.42. The van der Waals surface area contributed by atoms with Crippen LogP contribution in [-0.2, 0) is 9.53 Å². The number of nitrogens with one attached hydrogen (secondary N) is 1. The molecule has 0 aromatic heterocycles. The third-order valence-electron chi connectivity index (χ3n) is 2.58. The third-order valence-corrected chi connectivity index (χ3v) is 2.58. The Hall–Kier alpha value is -1.55. The van der Waals surface area contributed by atoms with Crippen molar-refractivity contribution in [3.8, 4) is 5.75 Å². The lowest BCUT2D eigenvalue weighted by Gasteiger charge is -2.04. The van der Waals surface area contributed by atoms with Crippen LogP contribution in [-0.4, -0.2) is 30.8 Å². The van der Waals surface area contributed by atoms with Gasteiger partial charge in [0.15, 0.2) is 0 Å². The van der Waals surface area contributed by atoms with Crippen molar-refractivity contribution >= 4 is 5.97 Å². The van der Waals surface area contributed by atoms with Crippen LogP contribution in [0.5, 0.6) is 5.75 Å². The van der Waals surface area contributed by atoms with E-state index in [-0.39, 0.29) is 12.0 Å². The summed E-state index contributed by atoms with van der Waals surface area (Å²) in [5.74, 6) is 0.197. The second-order valence-corrected chi connectivity index (χ2v) is 4.01. The number of methoxy groups -OCH3 is 1. The van der Waals surface area contributed by atoms with E-state index in [0.717, 1.165) is 19.4 Å². The highest BCUT2D eigenvalue weighted by molar-refractivity contribution is 5.75.